The molecule has 0 radical (unpaired) electrons. The molecule has 1 aliphatic heterocycles. The van der Waals surface area contributed by atoms with Gasteiger partial charge in [0.25, 0.3) is 0 Å². The van der Waals surface area contributed by atoms with Crippen LogP contribution in [0.1, 0.15) is 13.3 Å². The van der Waals surface area contributed by atoms with Crippen molar-refractivity contribution < 1.29 is 14.7 Å². The molecule has 1 N–H and O–H groups in total. The second-order valence-electron chi connectivity index (χ2n) is 4.40. The number of rotatable bonds is 3. The summed E-state index contributed by atoms with van der Waals surface area (Å²) in [4.78, 5) is 24.5. The van der Waals surface area contributed by atoms with E-state index in [0.29, 0.717) is 18.7 Å². The molecule has 0 bridgehead atoms. The van der Waals surface area contributed by atoms with Crippen molar-refractivity contribution in [1.82, 2.24) is 0 Å². The van der Waals surface area contributed by atoms with Crippen molar-refractivity contribution >= 4 is 28.5 Å². The first-order chi connectivity index (χ1) is 8.56. The molecule has 4 nitrogen and oxygen atoms in total. The number of phenolic OH excluding ortho intramolecular Hbond substituents is 1. The van der Waals surface area contributed by atoms with E-state index in [1.165, 1.54) is 18.7 Å². The topological polar surface area (TPSA) is 57.6 Å². The Labute approximate surface area is 110 Å². The summed E-state index contributed by atoms with van der Waals surface area (Å²) in [6.45, 7) is 2.15. The van der Waals surface area contributed by atoms with Gasteiger partial charge >= 0.3 is 0 Å². The highest BCUT2D eigenvalue weighted by Crippen LogP contribution is 2.29. The standard InChI is InChI=1S/C13H15NO3S/c1-9(15)18-8-10-5-13(17)14(7-10)11-3-2-4-12(16)6-11/h2-4,6,10,16H,5,7-8H2,1H3. The number of anilines is 1. The van der Waals surface area contributed by atoms with Gasteiger partial charge in [-0.15, -0.1) is 0 Å². The highest BCUT2D eigenvalue weighted by Gasteiger charge is 2.30. The van der Waals surface area contributed by atoms with E-state index in [-0.39, 0.29) is 22.7 Å². The van der Waals surface area contributed by atoms with Crippen LogP contribution in [0.25, 0.3) is 0 Å². The molecule has 0 saturated carbocycles. The Morgan fingerprint density at radius 2 is 2.33 bits per heavy atom. The fourth-order valence-electron chi connectivity index (χ4n) is 2.04. The van der Waals surface area contributed by atoms with Crippen LogP contribution in [0.3, 0.4) is 0 Å². The van der Waals surface area contributed by atoms with Crippen molar-refractivity contribution in [1.29, 1.82) is 0 Å². The normalized spacial score (nSPS) is 19.3. The van der Waals surface area contributed by atoms with Crippen molar-refractivity contribution in [3.8, 4) is 5.75 Å². The minimum absolute atomic E-state index is 0.0507. The van der Waals surface area contributed by atoms with Crippen LogP contribution in [0.4, 0.5) is 5.69 Å². The molecule has 1 atom stereocenters. The Bertz CT molecular complexity index is 475. The van der Waals surface area contributed by atoms with E-state index in [1.807, 2.05) is 0 Å². The lowest BCUT2D eigenvalue weighted by molar-refractivity contribution is -0.117. The molecule has 1 fully saturated rings. The maximum absolute atomic E-state index is 11.9. The largest absolute Gasteiger partial charge is 0.508 e. The van der Waals surface area contributed by atoms with Crippen molar-refractivity contribution in [2.24, 2.45) is 5.92 Å². The second-order valence-corrected chi connectivity index (χ2v) is 5.59. The summed E-state index contributed by atoms with van der Waals surface area (Å²) in [7, 11) is 0. The summed E-state index contributed by atoms with van der Waals surface area (Å²) in [6.07, 6.45) is 0.468. The first-order valence-electron chi connectivity index (χ1n) is 5.79. The van der Waals surface area contributed by atoms with E-state index in [9.17, 15) is 14.7 Å². The Kier molecular flexibility index (Phi) is 3.91. The SMILES string of the molecule is CC(=O)SCC1CC(=O)N(c2cccc(O)c2)C1. The van der Waals surface area contributed by atoms with Crippen LogP contribution >= 0.6 is 11.8 Å². The first-order valence-corrected chi connectivity index (χ1v) is 6.77. The molecule has 5 heteroatoms. The van der Waals surface area contributed by atoms with Crippen molar-refractivity contribution in [3.63, 3.8) is 0 Å². The van der Waals surface area contributed by atoms with E-state index in [4.69, 9.17) is 0 Å². The zero-order chi connectivity index (χ0) is 13.1. The van der Waals surface area contributed by atoms with Crippen molar-refractivity contribution in [3.05, 3.63) is 24.3 Å². The molecule has 1 aromatic rings. The maximum Gasteiger partial charge on any atom is 0.227 e. The molecule has 1 unspecified atom stereocenters. The number of carbonyl (C=O) groups excluding carboxylic acids is 2. The summed E-state index contributed by atoms with van der Waals surface area (Å²) in [6, 6.07) is 6.68. The number of carbonyl (C=O) groups is 2. The predicted molar refractivity (Wildman–Crippen MR) is 71.7 cm³/mol. The molecule has 1 saturated heterocycles. The second kappa shape index (κ2) is 5.44. The molecule has 1 amide bonds. The molecule has 2 rings (SSSR count). The molecule has 0 spiro atoms. The number of thioether (sulfide) groups is 1. The molecule has 1 aliphatic rings. The number of hydrogen-bond donors (Lipinski definition) is 1. The van der Waals surface area contributed by atoms with Gasteiger partial charge in [0.05, 0.1) is 0 Å². The zero-order valence-corrected chi connectivity index (χ0v) is 10.9. The molecule has 1 aromatic carbocycles. The van der Waals surface area contributed by atoms with Crippen LogP contribution in [-0.4, -0.2) is 28.4 Å². The van der Waals surface area contributed by atoms with Crippen LogP contribution in [0.15, 0.2) is 24.3 Å². The number of amides is 1. The third-order valence-electron chi connectivity index (χ3n) is 2.87. The van der Waals surface area contributed by atoms with Crippen molar-refractivity contribution in [2.75, 3.05) is 17.2 Å². The van der Waals surface area contributed by atoms with E-state index in [2.05, 4.69) is 0 Å². The average molecular weight is 265 g/mol. The molecule has 1 heterocycles. The Morgan fingerprint density at radius 3 is 3.00 bits per heavy atom. The smallest absolute Gasteiger partial charge is 0.227 e. The number of benzene rings is 1. The molecule has 18 heavy (non-hydrogen) atoms. The van der Waals surface area contributed by atoms with Gasteiger partial charge in [0.15, 0.2) is 5.12 Å². The lowest BCUT2D eigenvalue weighted by atomic mass is 10.1. The van der Waals surface area contributed by atoms with Crippen LogP contribution in [0, 0.1) is 5.92 Å². The first kappa shape index (κ1) is 13.0. The predicted octanol–water partition coefficient (Wildman–Crippen LogP) is 2.02. The van der Waals surface area contributed by atoms with Gasteiger partial charge in [-0.25, -0.2) is 0 Å². The minimum atomic E-state index is 0.0507. The number of phenols is 1. The van der Waals surface area contributed by atoms with E-state index in [0.717, 1.165) is 5.69 Å². The third kappa shape index (κ3) is 3.04. The Hall–Kier alpha value is -1.49. The monoisotopic (exact) mass is 265 g/mol. The fraction of sp³-hybridized carbons (Fsp3) is 0.385. The van der Waals surface area contributed by atoms with Crippen LogP contribution in [0.2, 0.25) is 0 Å². The Morgan fingerprint density at radius 1 is 1.56 bits per heavy atom. The zero-order valence-electron chi connectivity index (χ0n) is 10.1. The van der Waals surface area contributed by atoms with E-state index < -0.39 is 0 Å². The van der Waals surface area contributed by atoms with Crippen molar-refractivity contribution in [2.45, 2.75) is 13.3 Å². The number of hydrogen-bond acceptors (Lipinski definition) is 4. The summed E-state index contributed by atoms with van der Waals surface area (Å²) in [5, 5.41) is 9.50. The van der Waals surface area contributed by atoms with Gasteiger partial charge in [-0.1, -0.05) is 17.8 Å². The van der Waals surface area contributed by atoms with Gasteiger partial charge in [-0.05, 0) is 18.1 Å². The molecular weight excluding hydrogens is 250 g/mol. The van der Waals surface area contributed by atoms with Crippen LogP contribution < -0.4 is 4.90 Å². The molecular formula is C13H15NO3S. The summed E-state index contributed by atoms with van der Waals surface area (Å²) < 4.78 is 0. The van der Waals surface area contributed by atoms with Gasteiger partial charge in [0.2, 0.25) is 5.91 Å². The quantitative estimate of drug-likeness (QED) is 0.908. The number of aromatic hydroxyl groups is 1. The molecule has 96 valence electrons. The average Bonchev–Trinajstić information content (AvgIpc) is 2.68. The lowest BCUT2D eigenvalue weighted by Gasteiger charge is -2.16. The lowest BCUT2D eigenvalue weighted by Crippen LogP contribution is -2.24. The van der Waals surface area contributed by atoms with Gasteiger partial charge in [-0.2, -0.15) is 0 Å². The molecule has 0 aromatic heterocycles. The Balaban J connectivity index is 2.03. The van der Waals surface area contributed by atoms with Gasteiger partial charge in [0, 0.05) is 37.4 Å². The summed E-state index contributed by atoms with van der Waals surface area (Å²) >= 11 is 1.26. The van der Waals surface area contributed by atoms with Gasteiger partial charge in [0.1, 0.15) is 5.75 Å². The van der Waals surface area contributed by atoms with Crippen LogP contribution in [0.5, 0.6) is 5.75 Å². The van der Waals surface area contributed by atoms with Gasteiger partial charge < -0.3 is 10.0 Å². The number of nitrogens with zero attached hydrogens (tertiary/aromatic N) is 1. The summed E-state index contributed by atoms with van der Waals surface area (Å²) in [5.41, 5.74) is 0.718. The molecule has 0 aliphatic carbocycles. The maximum atomic E-state index is 11.9. The van der Waals surface area contributed by atoms with E-state index in [1.54, 1.807) is 29.2 Å². The summed E-state index contributed by atoms with van der Waals surface area (Å²) in [5.74, 6) is 1.08. The van der Waals surface area contributed by atoms with E-state index >= 15 is 0 Å². The highest BCUT2D eigenvalue weighted by atomic mass is 32.2. The van der Waals surface area contributed by atoms with Crippen LogP contribution in [-0.2, 0) is 9.59 Å². The highest BCUT2D eigenvalue weighted by molar-refractivity contribution is 8.13. The van der Waals surface area contributed by atoms with Gasteiger partial charge in [-0.3, -0.25) is 9.59 Å². The minimum Gasteiger partial charge on any atom is -0.508 e. The third-order valence-corrected chi connectivity index (χ3v) is 3.91. The fourth-order valence-corrected chi connectivity index (χ4v) is 2.73.